The Labute approximate surface area is 116 Å². The van der Waals surface area contributed by atoms with Crippen molar-refractivity contribution in [2.24, 2.45) is 0 Å². The van der Waals surface area contributed by atoms with Gasteiger partial charge >= 0.3 is 0 Å². The summed E-state index contributed by atoms with van der Waals surface area (Å²) in [6, 6.07) is 4.31. The number of unbranched alkanes of at least 4 members (excludes halogenated alkanes) is 1. The maximum Gasteiger partial charge on any atom is 0.213 e. The Morgan fingerprint density at radius 1 is 1.26 bits per heavy atom. The zero-order chi connectivity index (χ0) is 13.9. The van der Waals surface area contributed by atoms with Crippen LogP contribution in [-0.4, -0.2) is 31.3 Å². The second kappa shape index (κ2) is 9.75. The summed E-state index contributed by atoms with van der Waals surface area (Å²) in [7, 11) is 0. The second-order valence-corrected chi connectivity index (χ2v) is 4.52. The molecule has 0 aromatic carbocycles. The van der Waals surface area contributed by atoms with Gasteiger partial charge in [0.25, 0.3) is 0 Å². The van der Waals surface area contributed by atoms with Gasteiger partial charge in [0.1, 0.15) is 6.61 Å². The number of nitrogens with zero attached hydrogens (tertiary/aromatic N) is 1. The van der Waals surface area contributed by atoms with Crippen LogP contribution in [0.5, 0.6) is 5.88 Å². The van der Waals surface area contributed by atoms with E-state index < -0.39 is 0 Å². The molecule has 4 nitrogen and oxygen atoms in total. The van der Waals surface area contributed by atoms with E-state index in [2.05, 4.69) is 31.1 Å². The van der Waals surface area contributed by atoms with Crippen LogP contribution in [0.15, 0.2) is 18.3 Å². The summed E-state index contributed by atoms with van der Waals surface area (Å²) < 4.78 is 11.0. The molecule has 4 heteroatoms. The lowest BCUT2D eigenvalue weighted by Gasteiger charge is -2.13. The highest BCUT2D eigenvalue weighted by Crippen LogP contribution is 2.16. The highest BCUT2D eigenvalue weighted by molar-refractivity contribution is 5.23. The molecule has 0 amide bonds. The van der Waals surface area contributed by atoms with Gasteiger partial charge in [0.05, 0.1) is 6.61 Å². The van der Waals surface area contributed by atoms with E-state index in [9.17, 15) is 0 Å². The van der Waals surface area contributed by atoms with Crippen molar-refractivity contribution in [2.75, 3.05) is 26.4 Å². The summed E-state index contributed by atoms with van der Waals surface area (Å²) in [6.45, 7) is 9.32. The lowest BCUT2D eigenvalue weighted by molar-refractivity contribution is 0.0965. The summed E-state index contributed by atoms with van der Waals surface area (Å²) in [5.41, 5.74) is 1.19. The maximum absolute atomic E-state index is 5.59. The number of aromatic nitrogens is 1. The van der Waals surface area contributed by atoms with E-state index in [1.807, 2.05) is 12.1 Å². The van der Waals surface area contributed by atoms with Crippen molar-refractivity contribution in [3.8, 4) is 5.88 Å². The Hall–Kier alpha value is -1.13. The molecular weight excluding hydrogens is 240 g/mol. The number of pyridine rings is 1. The highest BCUT2D eigenvalue weighted by Gasteiger charge is 2.05. The molecule has 0 saturated carbocycles. The molecule has 1 unspecified atom stereocenters. The van der Waals surface area contributed by atoms with Crippen molar-refractivity contribution in [3.05, 3.63) is 23.9 Å². The molecule has 108 valence electrons. The molecule has 0 aliphatic rings. The van der Waals surface area contributed by atoms with Crippen LogP contribution in [-0.2, 0) is 4.74 Å². The Morgan fingerprint density at radius 3 is 2.84 bits per heavy atom. The molecule has 1 N–H and O–H groups in total. The van der Waals surface area contributed by atoms with Crippen LogP contribution < -0.4 is 10.1 Å². The Kier molecular flexibility index (Phi) is 8.18. The summed E-state index contributed by atoms with van der Waals surface area (Å²) in [4.78, 5) is 4.21. The zero-order valence-electron chi connectivity index (χ0n) is 12.3. The van der Waals surface area contributed by atoms with Crippen molar-refractivity contribution >= 4 is 0 Å². The monoisotopic (exact) mass is 266 g/mol. The largest absolute Gasteiger partial charge is 0.475 e. The highest BCUT2D eigenvalue weighted by atomic mass is 16.5. The molecule has 0 radical (unpaired) electrons. The fourth-order valence-corrected chi connectivity index (χ4v) is 1.75. The third kappa shape index (κ3) is 6.55. The fourth-order valence-electron chi connectivity index (χ4n) is 1.75. The van der Waals surface area contributed by atoms with Crippen LogP contribution in [0.1, 0.15) is 45.2 Å². The number of rotatable bonds is 10. The molecule has 1 aromatic rings. The lowest BCUT2D eigenvalue weighted by Crippen LogP contribution is -2.18. The van der Waals surface area contributed by atoms with E-state index in [0.717, 1.165) is 26.0 Å². The average molecular weight is 266 g/mol. The molecule has 1 heterocycles. The van der Waals surface area contributed by atoms with Crippen LogP contribution in [0.4, 0.5) is 0 Å². The third-order valence-electron chi connectivity index (χ3n) is 2.89. The SMILES string of the molecule is CCCCOCCOc1cc(C(C)NCC)ccn1. The molecule has 0 bridgehead atoms. The molecule has 1 rings (SSSR count). The van der Waals surface area contributed by atoms with Crippen molar-refractivity contribution in [1.29, 1.82) is 0 Å². The summed E-state index contributed by atoms with van der Waals surface area (Å²) in [5, 5.41) is 3.37. The van der Waals surface area contributed by atoms with E-state index in [0.29, 0.717) is 25.1 Å². The minimum atomic E-state index is 0.316. The molecule has 0 aliphatic heterocycles. The Bertz CT molecular complexity index is 345. The van der Waals surface area contributed by atoms with Gasteiger partial charge < -0.3 is 14.8 Å². The second-order valence-electron chi connectivity index (χ2n) is 4.52. The first-order chi connectivity index (χ1) is 9.27. The molecule has 0 spiro atoms. The lowest BCUT2D eigenvalue weighted by atomic mass is 10.1. The quantitative estimate of drug-likeness (QED) is 0.661. The zero-order valence-corrected chi connectivity index (χ0v) is 12.3. The van der Waals surface area contributed by atoms with Gasteiger partial charge in [0.2, 0.25) is 5.88 Å². The first kappa shape index (κ1) is 15.9. The van der Waals surface area contributed by atoms with Crippen molar-refractivity contribution in [1.82, 2.24) is 10.3 Å². The first-order valence-corrected chi connectivity index (χ1v) is 7.17. The molecule has 0 aliphatic carbocycles. The van der Waals surface area contributed by atoms with Gasteiger partial charge in [-0.05, 0) is 31.5 Å². The van der Waals surface area contributed by atoms with Crippen LogP contribution in [0.3, 0.4) is 0 Å². The molecule has 0 saturated heterocycles. The van der Waals surface area contributed by atoms with Crippen LogP contribution in [0, 0.1) is 0 Å². The smallest absolute Gasteiger partial charge is 0.213 e. The van der Waals surface area contributed by atoms with Crippen LogP contribution in [0.25, 0.3) is 0 Å². The minimum absolute atomic E-state index is 0.316. The van der Waals surface area contributed by atoms with Gasteiger partial charge in [0, 0.05) is 24.9 Å². The average Bonchev–Trinajstić information content (AvgIpc) is 2.43. The third-order valence-corrected chi connectivity index (χ3v) is 2.89. The fraction of sp³-hybridized carbons (Fsp3) is 0.667. The predicted molar refractivity (Wildman–Crippen MR) is 77.6 cm³/mol. The normalized spacial score (nSPS) is 12.4. The number of ether oxygens (including phenoxy) is 2. The number of hydrogen-bond donors (Lipinski definition) is 1. The molecule has 0 fully saturated rings. The van der Waals surface area contributed by atoms with Gasteiger partial charge in [-0.25, -0.2) is 4.98 Å². The Morgan fingerprint density at radius 2 is 2.11 bits per heavy atom. The molecule has 19 heavy (non-hydrogen) atoms. The number of hydrogen-bond acceptors (Lipinski definition) is 4. The van der Waals surface area contributed by atoms with Gasteiger partial charge in [-0.3, -0.25) is 0 Å². The van der Waals surface area contributed by atoms with Crippen molar-refractivity contribution in [2.45, 2.75) is 39.7 Å². The standard InChI is InChI=1S/C15H26N2O2/c1-4-6-9-18-10-11-19-15-12-14(7-8-17-15)13(3)16-5-2/h7-8,12-13,16H,4-6,9-11H2,1-3H3. The van der Waals surface area contributed by atoms with E-state index in [1.165, 1.54) is 5.56 Å². The van der Waals surface area contributed by atoms with Crippen molar-refractivity contribution < 1.29 is 9.47 Å². The van der Waals surface area contributed by atoms with E-state index in [4.69, 9.17) is 9.47 Å². The first-order valence-electron chi connectivity index (χ1n) is 7.17. The summed E-state index contributed by atoms with van der Waals surface area (Å²) >= 11 is 0. The van der Waals surface area contributed by atoms with Gasteiger partial charge in [-0.2, -0.15) is 0 Å². The van der Waals surface area contributed by atoms with E-state index in [-0.39, 0.29) is 0 Å². The van der Waals surface area contributed by atoms with Gasteiger partial charge in [0.15, 0.2) is 0 Å². The van der Waals surface area contributed by atoms with E-state index in [1.54, 1.807) is 6.20 Å². The molecular formula is C15H26N2O2. The van der Waals surface area contributed by atoms with E-state index >= 15 is 0 Å². The summed E-state index contributed by atoms with van der Waals surface area (Å²) in [5.74, 6) is 0.668. The van der Waals surface area contributed by atoms with Gasteiger partial charge in [-0.15, -0.1) is 0 Å². The summed E-state index contributed by atoms with van der Waals surface area (Å²) in [6.07, 6.45) is 4.05. The maximum atomic E-state index is 5.59. The Balaban J connectivity index is 2.31. The van der Waals surface area contributed by atoms with Gasteiger partial charge in [-0.1, -0.05) is 20.3 Å². The van der Waals surface area contributed by atoms with Crippen LogP contribution in [0.2, 0.25) is 0 Å². The van der Waals surface area contributed by atoms with Crippen molar-refractivity contribution in [3.63, 3.8) is 0 Å². The van der Waals surface area contributed by atoms with Crippen LogP contribution >= 0.6 is 0 Å². The topological polar surface area (TPSA) is 43.4 Å². The molecule has 1 atom stereocenters. The molecule has 1 aromatic heterocycles. The number of nitrogens with one attached hydrogen (secondary N) is 1. The minimum Gasteiger partial charge on any atom is -0.475 e. The predicted octanol–water partition coefficient (Wildman–Crippen LogP) is 2.95.